The maximum atomic E-state index is 13.2. The first-order valence-corrected chi connectivity index (χ1v) is 11.5. The minimum Gasteiger partial charge on any atom is -0.482 e. The molecule has 2 amide bonds. The van der Waals surface area contributed by atoms with E-state index < -0.39 is 11.6 Å². The summed E-state index contributed by atoms with van der Waals surface area (Å²) in [4.78, 5) is 27.7. The van der Waals surface area contributed by atoms with Gasteiger partial charge in [-0.15, -0.1) is 0 Å². The number of carbonyl (C=O) groups is 2. The Hall–Kier alpha value is -1.76. The molecule has 0 aliphatic carbocycles. The predicted octanol–water partition coefficient (Wildman–Crippen LogP) is 5.86. The number of amides is 2. The lowest BCUT2D eigenvalue weighted by atomic mass is 10.1. The first-order chi connectivity index (χ1) is 14.5. The minimum absolute atomic E-state index is 0.209. The number of ether oxygens (including phenoxy) is 1. The van der Waals surface area contributed by atoms with Crippen molar-refractivity contribution in [3.05, 3.63) is 62.5 Å². The SMILES string of the molecule is CC[C@@H](C(=O)NC(C)(C)C)N(Cc1ccc(Cl)cc1)C(=O)COc1ccc(Br)cc1Cl. The van der Waals surface area contributed by atoms with Gasteiger partial charge in [0, 0.05) is 21.6 Å². The molecule has 5 nitrogen and oxygen atoms in total. The highest BCUT2D eigenvalue weighted by molar-refractivity contribution is 9.10. The number of rotatable bonds is 8. The van der Waals surface area contributed by atoms with Crippen molar-refractivity contribution < 1.29 is 14.3 Å². The van der Waals surface area contributed by atoms with Crippen LogP contribution in [0.5, 0.6) is 5.75 Å². The van der Waals surface area contributed by atoms with Crippen LogP contribution in [-0.2, 0) is 16.1 Å². The van der Waals surface area contributed by atoms with Crippen LogP contribution >= 0.6 is 39.1 Å². The van der Waals surface area contributed by atoms with Crippen molar-refractivity contribution >= 4 is 50.9 Å². The molecule has 0 spiro atoms. The fraction of sp³-hybridized carbons (Fsp3) is 0.391. The number of benzene rings is 2. The smallest absolute Gasteiger partial charge is 0.261 e. The van der Waals surface area contributed by atoms with Gasteiger partial charge in [0.1, 0.15) is 11.8 Å². The molecule has 1 atom stereocenters. The van der Waals surface area contributed by atoms with Crippen LogP contribution in [-0.4, -0.2) is 34.9 Å². The van der Waals surface area contributed by atoms with Crippen LogP contribution in [0.3, 0.4) is 0 Å². The van der Waals surface area contributed by atoms with Gasteiger partial charge in [0.25, 0.3) is 5.91 Å². The van der Waals surface area contributed by atoms with E-state index in [-0.39, 0.29) is 25.0 Å². The van der Waals surface area contributed by atoms with Crippen molar-refractivity contribution in [2.24, 2.45) is 0 Å². The molecule has 0 aliphatic heterocycles. The molecule has 0 bridgehead atoms. The molecular weight excluding hydrogens is 503 g/mol. The Labute approximate surface area is 202 Å². The first-order valence-electron chi connectivity index (χ1n) is 9.94. The summed E-state index contributed by atoms with van der Waals surface area (Å²) in [5.41, 5.74) is 0.447. The summed E-state index contributed by atoms with van der Waals surface area (Å²) in [7, 11) is 0. The lowest BCUT2D eigenvalue weighted by Gasteiger charge is -2.33. The van der Waals surface area contributed by atoms with Crippen molar-refractivity contribution in [3.8, 4) is 5.75 Å². The van der Waals surface area contributed by atoms with Crippen LogP contribution in [0, 0.1) is 0 Å². The zero-order chi connectivity index (χ0) is 23.2. The third kappa shape index (κ3) is 8.02. The maximum Gasteiger partial charge on any atom is 0.261 e. The van der Waals surface area contributed by atoms with E-state index in [1.807, 2.05) is 39.8 Å². The van der Waals surface area contributed by atoms with Crippen molar-refractivity contribution in [1.29, 1.82) is 0 Å². The molecule has 0 radical (unpaired) electrons. The Bertz CT molecular complexity index is 914. The summed E-state index contributed by atoms with van der Waals surface area (Å²) in [6, 6.07) is 11.7. The second-order valence-electron chi connectivity index (χ2n) is 8.17. The van der Waals surface area contributed by atoms with Gasteiger partial charge in [0.15, 0.2) is 6.61 Å². The van der Waals surface area contributed by atoms with E-state index >= 15 is 0 Å². The first kappa shape index (κ1) is 25.5. The molecule has 0 unspecified atom stereocenters. The summed E-state index contributed by atoms with van der Waals surface area (Å²) in [6.07, 6.45) is 0.459. The molecule has 0 saturated heterocycles. The molecule has 0 saturated carbocycles. The molecule has 0 fully saturated rings. The molecule has 168 valence electrons. The third-order valence-electron chi connectivity index (χ3n) is 4.40. The van der Waals surface area contributed by atoms with Gasteiger partial charge in [0.2, 0.25) is 5.91 Å². The topological polar surface area (TPSA) is 58.6 Å². The van der Waals surface area contributed by atoms with E-state index in [2.05, 4.69) is 21.2 Å². The molecule has 0 heterocycles. The minimum atomic E-state index is -0.647. The quantitative estimate of drug-likeness (QED) is 0.466. The average Bonchev–Trinajstić information content (AvgIpc) is 2.67. The highest BCUT2D eigenvalue weighted by Gasteiger charge is 2.31. The number of carbonyl (C=O) groups excluding carboxylic acids is 2. The highest BCUT2D eigenvalue weighted by Crippen LogP contribution is 2.28. The van der Waals surface area contributed by atoms with Crippen LogP contribution in [0.2, 0.25) is 10.0 Å². The molecule has 2 aromatic rings. The van der Waals surface area contributed by atoms with E-state index in [0.717, 1.165) is 10.0 Å². The Balaban J connectivity index is 2.24. The molecule has 2 rings (SSSR count). The van der Waals surface area contributed by atoms with Crippen molar-refractivity contribution in [3.63, 3.8) is 0 Å². The van der Waals surface area contributed by atoms with Crippen LogP contribution in [0.4, 0.5) is 0 Å². The van der Waals surface area contributed by atoms with E-state index in [1.165, 1.54) is 4.90 Å². The fourth-order valence-corrected chi connectivity index (χ4v) is 3.83. The van der Waals surface area contributed by atoms with Crippen LogP contribution < -0.4 is 10.1 Å². The molecule has 31 heavy (non-hydrogen) atoms. The second-order valence-corrected chi connectivity index (χ2v) is 9.93. The molecular formula is C23H27BrCl2N2O3. The summed E-state index contributed by atoms with van der Waals surface area (Å²) < 4.78 is 6.48. The normalized spacial score (nSPS) is 12.2. The second kappa shape index (κ2) is 11.2. The van der Waals surface area contributed by atoms with E-state index in [0.29, 0.717) is 22.2 Å². The standard InChI is InChI=1S/C23H27BrCl2N2O3/c1-5-19(22(30)27-23(2,3)4)28(13-15-6-9-17(25)10-7-15)21(29)14-31-20-11-8-16(24)12-18(20)26/h6-12,19H,5,13-14H2,1-4H3,(H,27,30)/t19-/m0/s1. The average molecular weight is 530 g/mol. The van der Waals surface area contributed by atoms with Crippen molar-refractivity contribution in [2.45, 2.75) is 52.2 Å². The maximum absolute atomic E-state index is 13.2. The fourth-order valence-electron chi connectivity index (χ4n) is 2.97. The van der Waals surface area contributed by atoms with Gasteiger partial charge in [0.05, 0.1) is 5.02 Å². The van der Waals surface area contributed by atoms with Gasteiger partial charge in [-0.1, -0.05) is 58.2 Å². The number of nitrogens with one attached hydrogen (secondary N) is 1. The number of hydrogen-bond donors (Lipinski definition) is 1. The highest BCUT2D eigenvalue weighted by atomic mass is 79.9. The summed E-state index contributed by atoms with van der Waals surface area (Å²) in [5.74, 6) is -0.124. The summed E-state index contributed by atoms with van der Waals surface area (Å²) in [5, 5.41) is 3.97. The summed E-state index contributed by atoms with van der Waals surface area (Å²) in [6.45, 7) is 7.60. The van der Waals surface area contributed by atoms with Gasteiger partial charge < -0.3 is 15.0 Å². The van der Waals surface area contributed by atoms with E-state index in [4.69, 9.17) is 27.9 Å². The summed E-state index contributed by atoms with van der Waals surface area (Å²) >= 11 is 15.5. The third-order valence-corrected chi connectivity index (χ3v) is 5.44. The van der Waals surface area contributed by atoms with Crippen molar-refractivity contribution in [1.82, 2.24) is 10.2 Å². The van der Waals surface area contributed by atoms with E-state index in [1.54, 1.807) is 30.3 Å². The van der Waals surface area contributed by atoms with Gasteiger partial charge in [-0.2, -0.15) is 0 Å². The van der Waals surface area contributed by atoms with Gasteiger partial charge in [-0.05, 0) is 63.1 Å². The van der Waals surface area contributed by atoms with Crippen LogP contribution in [0.25, 0.3) is 0 Å². The van der Waals surface area contributed by atoms with Crippen molar-refractivity contribution in [2.75, 3.05) is 6.61 Å². The van der Waals surface area contributed by atoms with Crippen LogP contribution in [0.1, 0.15) is 39.7 Å². The Kier molecular flexibility index (Phi) is 9.22. The van der Waals surface area contributed by atoms with E-state index in [9.17, 15) is 9.59 Å². The molecule has 0 aromatic heterocycles. The number of hydrogen-bond acceptors (Lipinski definition) is 3. The van der Waals surface area contributed by atoms with Gasteiger partial charge in [-0.25, -0.2) is 0 Å². The lowest BCUT2D eigenvalue weighted by molar-refractivity contribution is -0.143. The molecule has 0 aliphatic rings. The van der Waals surface area contributed by atoms with Gasteiger partial charge >= 0.3 is 0 Å². The lowest BCUT2D eigenvalue weighted by Crippen LogP contribution is -2.54. The number of nitrogens with zero attached hydrogens (tertiary/aromatic N) is 1. The Morgan fingerprint density at radius 1 is 1.13 bits per heavy atom. The molecule has 2 aromatic carbocycles. The monoisotopic (exact) mass is 528 g/mol. The van der Waals surface area contributed by atoms with Crippen LogP contribution in [0.15, 0.2) is 46.9 Å². The molecule has 1 N–H and O–H groups in total. The zero-order valence-electron chi connectivity index (χ0n) is 18.0. The number of halogens is 3. The zero-order valence-corrected chi connectivity index (χ0v) is 21.1. The Morgan fingerprint density at radius 3 is 2.32 bits per heavy atom. The molecule has 8 heteroatoms. The van der Waals surface area contributed by atoms with Gasteiger partial charge in [-0.3, -0.25) is 9.59 Å². The predicted molar refractivity (Wildman–Crippen MR) is 129 cm³/mol. The Morgan fingerprint density at radius 2 is 1.77 bits per heavy atom. The largest absolute Gasteiger partial charge is 0.482 e.